The lowest BCUT2D eigenvalue weighted by atomic mass is 10.1. The molecule has 0 saturated heterocycles. The number of carbonyl (C=O) groups excluding carboxylic acids is 1. The van der Waals surface area contributed by atoms with Gasteiger partial charge in [-0.2, -0.15) is 0 Å². The van der Waals surface area contributed by atoms with Crippen LogP contribution in [0.4, 0.5) is 10.1 Å². The molecule has 3 aromatic rings. The van der Waals surface area contributed by atoms with Crippen molar-refractivity contribution in [3.05, 3.63) is 63.8 Å². The Morgan fingerprint density at radius 2 is 2.04 bits per heavy atom. The Morgan fingerprint density at radius 3 is 2.92 bits per heavy atom. The Bertz CT molecular complexity index is 1080. The molecule has 0 spiro atoms. The van der Waals surface area contributed by atoms with Gasteiger partial charge >= 0.3 is 5.69 Å². The van der Waals surface area contributed by atoms with Crippen LogP contribution in [0.15, 0.2) is 41.2 Å². The predicted octanol–water partition coefficient (Wildman–Crippen LogP) is 2.51. The second-order valence-electron chi connectivity index (χ2n) is 5.76. The van der Waals surface area contributed by atoms with Gasteiger partial charge in [-0.1, -0.05) is 0 Å². The number of anilines is 1. The van der Waals surface area contributed by atoms with E-state index in [-0.39, 0.29) is 19.1 Å². The van der Waals surface area contributed by atoms with Crippen LogP contribution in [0.2, 0.25) is 0 Å². The van der Waals surface area contributed by atoms with Crippen LogP contribution in [0, 0.1) is 5.82 Å². The largest absolute Gasteiger partial charge is 0.467 e. The molecular formula is C18H14FN3O4. The van der Waals surface area contributed by atoms with Gasteiger partial charge in [0.2, 0.25) is 5.91 Å². The van der Waals surface area contributed by atoms with E-state index in [2.05, 4.69) is 15.3 Å². The zero-order chi connectivity index (χ0) is 18.1. The molecule has 7 nitrogen and oxygen atoms in total. The first-order valence-corrected chi connectivity index (χ1v) is 7.82. The molecule has 1 aliphatic rings. The summed E-state index contributed by atoms with van der Waals surface area (Å²) in [6.45, 7) is 0.343. The second-order valence-corrected chi connectivity index (χ2v) is 5.76. The minimum absolute atomic E-state index is 0.0839. The first-order chi connectivity index (χ1) is 12.6. The standard InChI is InChI=1S/C18H14FN3O4/c19-12-5-10(17-11(6-12)8-25-9-26-17)1-4-16(23)20-13-2-3-14-15(7-13)22-18(24)21-14/h1-7H,8-9H2,(H,20,23)(H2,21,22,24). The highest BCUT2D eigenvalue weighted by Crippen LogP contribution is 2.30. The van der Waals surface area contributed by atoms with Gasteiger partial charge in [0.25, 0.3) is 0 Å². The van der Waals surface area contributed by atoms with Gasteiger partial charge in [-0.15, -0.1) is 0 Å². The molecule has 3 N–H and O–H groups in total. The number of imidazole rings is 1. The Morgan fingerprint density at radius 1 is 1.19 bits per heavy atom. The third kappa shape index (κ3) is 3.22. The summed E-state index contributed by atoms with van der Waals surface area (Å²) in [5, 5.41) is 2.69. The van der Waals surface area contributed by atoms with E-state index in [0.717, 1.165) is 0 Å². The summed E-state index contributed by atoms with van der Waals surface area (Å²) in [6, 6.07) is 7.64. The van der Waals surface area contributed by atoms with Crippen LogP contribution in [0.1, 0.15) is 11.1 Å². The van der Waals surface area contributed by atoms with Crippen molar-refractivity contribution in [3.63, 3.8) is 0 Å². The zero-order valence-electron chi connectivity index (χ0n) is 13.5. The normalized spacial score (nSPS) is 13.6. The number of hydrogen-bond donors (Lipinski definition) is 3. The first-order valence-electron chi connectivity index (χ1n) is 7.82. The van der Waals surface area contributed by atoms with Gasteiger partial charge in [0, 0.05) is 22.9 Å². The fourth-order valence-electron chi connectivity index (χ4n) is 2.79. The van der Waals surface area contributed by atoms with Crippen molar-refractivity contribution < 1.29 is 18.7 Å². The monoisotopic (exact) mass is 355 g/mol. The van der Waals surface area contributed by atoms with Crippen molar-refractivity contribution in [1.82, 2.24) is 9.97 Å². The van der Waals surface area contributed by atoms with Crippen LogP contribution in [0.5, 0.6) is 5.75 Å². The average molecular weight is 355 g/mol. The third-order valence-electron chi connectivity index (χ3n) is 3.90. The van der Waals surface area contributed by atoms with Gasteiger partial charge < -0.3 is 24.8 Å². The van der Waals surface area contributed by atoms with Gasteiger partial charge in [-0.05, 0) is 36.4 Å². The van der Waals surface area contributed by atoms with Gasteiger partial charge in [0.05, 0.1) is 17.6 Å². The number of nitrogens with one attached hydrogen (secondary N) is 3. The molecule has 0 unspecified atom stereocenters. The van der Waals surface area contributed by atoms with Crippen LogP contribution < -0.4 is 15.7 Å². The number of aromatic amines is 2. The molecule has 2 heterocycles. The van der Waals surface area contributed by atoms with Crippen LogP contribution in [0.3, 0.4) is 0 Å². The highest BCUT2D eigenvalue weighted by molar-refractivity contribution is 6.02. The molecule has 26 heavy (non-hydrogen) atoms. The molecule has 0 aliphatic carbocycles. The lowest BCUT2D eigenvalue weighted by molar-refractivity contribution is -0.111. The lowest BCUT2D eigenvalue weighted by Crippen LogP contribution is -2.13. The fraction of sp³-hybridized carbons (Fsp3) is 0.111. The quantitative estimate of drug-likeness (QED) is 0.629. The van der Waals surface area contributed by atoms with Gasteiger partial charge in [0.1, 0.15) is 11.6 Å². The van der Waals surface area contributed by atoms with Crippen LogP contribution in [-0.4, -0.2) is 22.7 Å². The maximum atomic E-state index is 13.7. The number of aromatic nitrogens is 2. The summed E-state index contributed by atoms with van der Waals surface area (Å²) in [4.78, 5) is 28.7. The topological polar surface area (TPSA) is 96.2 Å². The van der Waals surface area contributed by atoms with Gasteiger partial charge in [0.15, 0.2) is 6.79 Å². The smallest absolute Gasteiger partial charge is 0.323 e. The number of carbonyl (C=O) groups is 1. The van der Waals surface area contributed by atoms with E-state index in [1.165, 1.54) is 24.3 Å². The van der Waals surface area contributed by atoms with E-state index < -0.39 is 11.7 Å². The van der Waals surface area contributed by atoms with E-state index in [1.807, 2.05) is 0 Å². The molecule has 1 amide bonds. The van der Waals surface area contributed by atoms with Crippen molar-refractivity contribution in [2.75, 3.05) is 12.1 Å². The minimum atomic E-state index is -0.431. The molecule has 0 atom stereocenters. The summed E-state index contributed by atoms with van der Waals surface area (Å²) in [5.74, 6) is -0.319. The number of rotatable bonds is 3. The van der Waals surface area contributed by atoms with Crippen molar-refractivity contribution in [1.29, 1.82) is 0 Å². The van der Waals surface area contributed by atoms with Gasteiger partial charge in [-0.25, -0.2) is 9.18 Å². The minimum Gasteiger partial charge on any atom is -0.467 e. The summed E-state index contributed by atoms with van der Waals surface area (Å²) >= 11 is 0. The number of H-pyrrole nitrogens is 2. The number of fused-ring (bicyclic) bond motifs is 2. The first kappa shape index (κ1) is 16.1. The highest BCUT2D eigenvalue weighted by Gasteiger charge is 2.15. The second kappa shape index (κ2) is 6.49. The molecule has 0 radical (unpaired) electrons. The molecule has 8 heteroatoms. The van der Waals surface area contributed by atoms with E-state index in [1.54, 1.807) is 18.2 Å². The molecule has 4 rings (SSSR count). The van der Waals surface area contributed by atoms with Crippen molar-refractivity contribution in [2.45, 2.75) is 6.61 Å². The van der Waals surface area contributed by atoms with Gasteiger partial charge in [-0.3, -0.25) is 4.79 Å². The van der Waals surface area contributed by atoms with Crippen LogP contribution >= 0.6 is 0 Å². The Labute approximate surface area is 146 Å². The van der Waals surface area contributed by atoms with E-state index >= 15 is 0 Å². The van der Waals surface area contributed by atoms with Crippen molar-refractivity contribution in [3.8, 4) is 5.75 Å². The maximum absolute atomic E-state index is 13.7. The molecule has 0 bridgehead atoms. The van der Waals surface area contributed by atoms with E-state index in [0.29, 0.717) is 33.6 Å². The number of benzene rings is 2. The average Bonchev–Trinajstić information content (AvgIpc) is 2.99. The number of hydrogen-bond acceptors (Lipinski definition) is 4. The summed E-state index contributed by atoms with van der Waals surface area (Å²) < 4.78 is 24.2. The highest BCUT2D eigenvalue weighted by atomic mass is 19.1. The molecule has 0 fully saturated rings. The number of amides is 1. The lowest BCUT2D eigenvalue weighted by Gasteiger charge is -2.19. The molecule has 1 aromatic heterocycles. The SMILES string of the molecule is O=C(C=Cc1cc(F)cc2c1OCOC2)Nc1ccc2[nH]c(=O)[nH]c2c1. The zero-order valence-corrected chi connectivity index (χ0v) is 13.5. The molecule has 1 aliphatic heterocycles. The van der Waals surface area contributed by atoms with Crippen molar-refractivity contribution >= 4 is 28.7 Å². The molecule has 0 saturated carbocycles. The maximum Gasteiger partial charge on any atom is 0.323 e. The Balaban J connectivity index is 1.54. The van der Waals surface area contributed by atoms with Crippen LogP contribution in [0.25, 0.3) is 17.1 Å². The number of halogens is 1. The molecule has 132 valence electrons. The summed E-state index contributed by atoms with van der Waals surface area (Å²) in [6.07, 6.45) is 2.77. The Kier molecular flexibility index (Phi) is 4.02. The molecular weight excluding hydrogens is 341 g/mol. The van der Waals surface area contributed by atoms with E-state index in [4.69, 9.17) is 9.47 Å². The number of ether oxygens (including phenoxy) is 2. The predicted molar refractivity (Wildman–Crippen MR) is 93.3 cm³/mol. The summed E-state index contributed by atoms with van der Waals surface area (Å²) in [7, 11) is 0. The van der Waals surface area contributed by atoms with E-state index in [9.17, 15) is 14.0 Å². The van der Waals surface area contributed by atoms with Crippen LogP contribution in [-0.2, 0) is 16.1 Å². The Hall–Kier alpha value is -3.39. The molecule has 2 aromatic carbocycles. The summed E-state index contributed by atoms with van der Waals surface area (Å²) in [5.41, 5.74) is 2.50. The third-order valence-corrected chi connectivity index (χ3v) is 3.90. The fourth-order valence-corrected chi connectivity index (χ4v) is 2.79. The van der Waals surface area contributed by atoms with Crippen molar-refractivity contribution in [2.24, 2.45) is 0 Å².